The molecule has 2 amide bonds. The monoisotopic (exact) mass is 321 g/mol. The number of hydrogen-bond acceptors (Lipinski definition) is 2. The normalized spacial score (nSPS) is 28.7. The third-order valence-electron chi connectivity index (χ3n) is 6.17. The smallest absolute Gasteiger partial charge is 0.317 e. The minimum Gasteiger partial charge on any atom is -0.335 e. The van der Waals surface area contributed by atoms with Crippen LogP contribution in [0.2, 0.25) is 0 Å². The molecule has 132 valence electrons. The molecule has 3 aliphatic rings. The van der Waals surface area contributed by atoms with E-state index in [-0.39, 0.29) is 6.03 Å². The third kappa shape index (κ3) is 4.85. The first-order valence-electron chi connectivity index (χ1n) is 10.0. The van der Waals surface area contributed by atoms with Gasteiger partial charge in [0.15, 0.2) is 0 Å². The third-order valence-corrected chi connectivity index (χ3v) is 6.17. The van der Waals surface area contributed by atoms with Crippen molar-refractivity contribution in [3.63, 3.8) is 0 Å². The molecule has 1 saturated carbocycles. The number of carbonyl (C=O) groups is 1. The Labute approximate surface area is 142 Å². The molecule has 2 aliphatic heterocycles. The second-order valence-electron chi connectivity index (χ2n) is 8.11. The molecule has 0 bridgehead atoms. The lowest BCUT2D eigenvalue weighted by Gasteiger charge is -2.37. The number of carbonyl (C=O) groups excluding carboxylic acids is 1. The van der Waals surface area contributed by atoms with Gasteiger partial charge in [0.1, 0.15) is 0 Å². The van der Waals surface area contributed by atoms with Gasteiger partial charge in [-0.25, -0.2) is 4.79 Å². The van der Waals surface area contributed by atoms with E-state index in [4.69, 9.17) is 0 Å². The lowest BCUT2D eigenvalue weighted by Crippen LogP contribution is -2.52. The van der Waals surface area contributed by atoms with Crippen LogP contribution in [0.15, 0.2) is 0 Å². The summed E-state index contributed by atoms with van der Waals surface area (Å²) in [5.41, 5.74) is 0. The SMILES string of the molecule is CC1CCN(CC2CCCCCN2C(=O)NC2CCCC2)CC1. The molecule has 3 fully saturated rings. The molecule has 23 heavy (non-hydrogen) atoms. The molecule has 3 rings (SSSR count). The number of nitrogens with zero attached hydrogens (tertiary/aromatic N) is 2. The zero-order valence-electron chi connectivity index (χ0n) is 14.9. The van der Waals surface area contributed by atoms with Crippen LogP contribution >= 0.6 is 0 Å². The Balaban J connectivity index is 1.56. The Kier molecular flexibility index (Phi) is 6.21. The zero-order valence-corrected chi connectivity index (χ0v) is 14.9. The first kappa shape index (κ1) is 17.1. The lowest BCUT2D eigenvalue weighted by molar-refractivity contribution is 0.122. The summed E-state index contributed by atoms with van der Waals surface area (Å²) in [7, 11) is 0. The molecule has 4 nitrogen and oxygen atoms in total. The summed E-state index contributed by atoms with van der Waals surface area (Å²) in [5, 5.41) is 3.32. The van der Waals surface area contributed by atoms with Gasteiger partial charge in [-0.15, -0.1) is 0 Å². The van der Waals surface area contributed by atoms with Gasteiger partial charge >= 0.3 is 6.03 Å². The van der Waals surface area contributed by atoms with Gasteiger partial charge in [0.05, 0.1) is 0 Å². The first-order chi connectivity index (χ1) is 11.2. The summed E-state index contributed by atoms with van der Waals surface area (Å²) in [4.78, 5) is 17.6. The summed E-state index contributed by atoms with van der Waals surface area (Å²) < 4.78 is 0. The Morgan fingerprint density at radius 1 is 0.913 bits per heavy atom. The van der Waals surface area contributed by atoms with Crippen LogP contribution in [0.1, 0.15) is 71.1 Å². The fourth-order valence-corrected chi connectivity index (χ4v) is 4.50. The first-order valence-corrected chi connectivity index (χ1v) is 10.0. The predicted molar refractivity (Wildman–Crippen MR) is 94.6 cm³/mol. The van der Waals surface area contributed by atoms with Crippen LogP contribution in [0.3, 0.4) is 0 Å². The van der Waals surface area contributed by atoms with Crippen LogP contribution in [-0.2, 0) is 0 Å². The number of nitrogens with one attached hydrogen (secondary N) is 1. The van der Waals surface area contributed by atoms with Crippen molar-refractivity contribution in [2.24, 2.45) is 5.92 Å². The maximum atomic E-state index is 12.8. The van der Waals surface area contributed by atoms with Gasteiger partial charge < -0.3 is 15.1 Å². The lowest BCUT2D eigenvalue weighted by atomic mass is 9.98. The average molecular weight is 322 g/mol. The largest absolute Gasteiger partial charge is 0.335 e. The molecular weight excluding hydrogens is 286 g/mol. The molecule has 0 radical (unpaired) electrons. The molecular formula is C19H35N3O. The van der Waals surface area contributed by atoms with E-state index in [0.29, 0.717) is 12.1 Å². The Bertz CT molecular complexity index is 373. The molecule has 1 N–H and O–H groups in total. The summed E-state index contributed by atoms with van der Waals surface area (Å²) in [5.74, 6) is 0.877. The molecule has 0 spiro atoms. The van der Waals surface area contributed by atoms with Crippen molar-refractivity contribution in [2.45, 2.75) is 83.2 Å². The van der Waals surface area contributed by atoms with Crippen molar-refractivity contribution in [3.05, 3.63) is 0 Å². The Morgan fingerprint density at radius 3 is 2.35 bits per heavy atom. The molecule has 1 unspecified atom stereocenters. The molecule has 2 heterocycles. The summed E-state index contributed by atoms with van der Waals surface area (Å²) in [6.07, 6.45) is 12.5. The topological polar surface area (TPSA) is 35.6 Å². The number of rotatable bonds is 3. The van der Waals surface area contributed by atoms with E-state index >= 15 is 0 Å². The van der Waals surface area contributed by atoms with Gasteiger partial charge in [-0.3, -0.25) is 0 Å². The predicted octanol–water partition coefficient (Wildman–Crippen LogP) is 3.62. The van der Waals surface area contributed by atoms with Crippen molar-refractivity contribution in [3.8, 4) is 0 Å². The maximum absolute atomic E-state index is 12.8. The second kappa shape index (κ2) is 8.36. The van der Waals surface area contributed by atoms with Gasteiger partial charge in [-0.2, -0.15) is 0 Å². The van der Waals surface area contributed by atoms with Gasteiger partial charge in [-0.05, 0) is 57.5 Å². The number of hydrogen-bond donors (Lipinski definition) is 1. The van der Waals surface area contributed by atoms with Crippen LogP contribution in [-0.4, -0.2) is 54.1 Å². The highest BCUT2D eigenvalue weighted by atomic mass is 16.2. The highest BCUT2D eigenvalue weighted by Crippen LogP contribution is 2.23. The Morgan fingerprint density at radius 2 is 1.61 bits per heavy atom. The van der Waals surface area contributed by atoms with E-state index in [1.54, 1.807) is 0 Å². The van der Waals surface area contributed by atoms with Gasteiger partial charge in [0.25, 0.3) is 0 Å². The van der Waals surface area contributed by atoms with Gasteiger partial charge in [0, 0.05) is 25.2 Å². The fraction of sp³-hybridized carbons (Fsp3) is 0.947. The van der Waals surface area contributed by atoms with Crippen LogP contribution in [0.4, 0.5) is 4.79 Å². The molecule has 1 aliphatic carbocycles. The van der Waals surface area contributed by atoms with E-state index in [1.165, 1.54) is 77.3 Å². The number of likely N-dealkylation sites (tertiary alicyclic amines) is 2. The second-order valence-corrected chi connectivity index (χ2v) is 8.11. The molecule has 2 saturated heterocycles. The van der Waals surface area contributed by atoms with Crippen LogP contribution in [0.5, 0.6) is 0 Å². The maximum Gasteiger partial charge on any atom is 0.317 e. The zero-order chi connectivity index (χ0) is 16.1. The summed E-state index contributed by atoms with van der Waals surface area (Å²) in [6, 6.07) is 1.07. The van der Waals surface area contributed by atoms with Gasteiger partial charge in [0.2, 0.25) is 0 Å². The van der Waals surface area contributed by atoms with Crippen molar-refractivity contribution < 1.29 is 4.79 Å². The summed E-state index contributed by atoms with van der Waals surface area (Å²) in [6.45, 7) is 6.84. The summed E-state index contributed by atoms with van der Waals surface area (Å²) >= 11 is 0. The van der Waals surface area contributed by atoms with E-state index in [1.807, 2.05) is 0 Å². The van der Waals surface area contributed by atoms with Crippen molar-refractivity contribution in [1.82, 2.24) is 15.1 Å². The van der Waals surface area contributed by atoms with E-state index in [0.717, 1.165) is 19.0 Å². The van der Waals surface area contributed by atoms with E-state index < -0.39 is 0 Å². The van der Waals surface area contributed by atoms with Crippen LogP contribution in [0.25, 0.3) is 0 Å². The minimum absolute atomic E-state index is 0.217. The van der Waals surface area contributed by atoms with E-state index in [2.05, 4.69) is 22.0 Å². The average Bonchev–Trinajstić information content (AvgIpc) is 2.94. The highest BCUT2D eigenvalue weighted by Gasteiger charge is 2.29. The van der Waals surface area contributed by atoms with E-state index in [9.17, 15) is 4.79 Å². The molecule has 0 aromatic heterocycles. The quantitative estimate of drug-likeness (QED) is 0.862. The molecule has 0 aromatic rings. The number of urea groups is 1. The molecule has 4 heteroatoms. The van der Waals surface area contributed by atoms with Crippen LogP contribution < -0.4 is 5.32 Å². The molecule has 0 aromatic carbocycles. The fourth-order valence-electron chi connectivity index (χ4n) is 4.50. The van der Waals surface area contributed by atoms with Crippen LogP contribution in [0, 0.1) is 5.92 Å². The van der Waals surface area contributed by atoms with Gasteiger partial charge in [-0.1, -0.05) is 32.6 Å². The number of amides is 2. The van der Waals surface area contributed by atoms with Crippen molar-refractivity contribution in [1.29, 1.82) is 0 Å². The minimum atomic E-state index is 0.217. The number of piperidine rings is 1. The highest BCUT2D eigenvalue weighted by molar-refractivity contribution is 5.75. The van der Waals surface area contributed by atoms with Crippen molar-refractivity contribution in [2.75, 3.05) is 26.2 Å². The molecule has 1 atom stereocenters. The Hall–Kier alpha value is -0.770. The van der Waals surface area contributed by atoms with Crippen molar-refractivity contribution >= 4 is 6.03 Å². The standard InChI is InChI=1S/C19H35N3O/c1-16-10-13-21(14-11-16)15-18-9-3-2-6-12-22(18)19(23)20-17-7-4-5-8-17/h16-18H,2-15H2,1H3,(H,20,23).